The topological polar surface area (TPSA) is 61.8 Å². The van der Waals surface area contributed by atoms with Crippen LogP contribution in [0.25, 0.3) is 0 Å². The molecule has 5 nitrogen and oxygen atoms in total. The van der Waals surface area contributed by atoms with Gasteiger partial charge < -0.3 is 15.2 Å². The minimum absolute atomic E-state index is 0.0140. The summed E-state index contributed by atoms with van der Waals surface area (Å²) in [7, 11) is 1.31. The number of rotatable bonds is 4. The van der Waals surface area contributed by atoms with Gasteiger partial charge >= 0.3 is 6.09 Å². The Hall–Kier alpha value is -1.89. The van der Waals surface area contributed by atoms with Crippen LogP contribution in [0.1, 0.15) is 6.42 Å². The quantitative estimate of drug-likeness (QED) is 0.889. The average Bonchev–Trinajstić information content (AvgIpc) is 2.82. The highest BCUT2D eigenvalue weighted by Gasteiger charge is 2.29. The number of anilines is 1. The normalized spacial score (nSPS) is 21.8. The van der Waals surface area contributed by atoms with Crippen molar-refractivity contribution in [1.82, 2.24) is 5.32 Å². The van der Waals surface area contributed by atoms with Gasteiger partial charge in [0.15, 0.2) is 11.6 Å². The molecule has 7 heteroatoms. The van der Waals surface area contributed by atoms with Gasteiger partial charge in [-0.2, -0.15) is 0 Å². The second-order valence-electron chi connectivity index (χ2n) is 4.62. The van der Waals surface area contributed by atoms with Crippen molar-refractivity contribution in [3.8, 4) is 5.75 Å². The van der Waals surface area contributed by atoms with Crippen LogP contribution in [0.4, 0.5) is 19.3 Å². The molecular formula is C13H16F2N2O3. The minimum atomic E-state index is -1.29. The van der Waals surface area contributed by atoms with E-state index >= 15 is 0 Å². The zero-order valence-electron chi connectivity index (χ0n) is 11.0. The summed E-state index contributed by atoms with van der Waals surface area (Å²) < 4.78 is 32.0. The third-order valence-electron chi connectivity index (χ3n) is 3.26. The molecule has 0 bridgehead atoms. The van der Waals surface area contributed by atoms with Crippen LogP contribution in [0.2, 0.25) is 0 Å². The van der Waals surface area contributed by atoms with E-state index in [2.05, 4.69) is 5.32 Å². The number of benzene rings is 1. The minimum Gasteiger partial charge on any atom is -0.494 e. The number of nitrogens with one attached hydrogen (secondary N) is 1. The molecule has 1 aromatic carbocycles. The first-order valence-electron chi connectivity index (χ1n) is 6.23. The van der Waals surface area contributed by atoms with Crippen LogP contribution < -0.4 is 15.0 Å². The Morgan fingerprint density at radius 3 is 2.90 bits per heavy atom. The number of alkyl halides is 1. The summed E-state index contributed by atoms with van der Waals surface area (Å²) in [5.74, 6) is -0.774. The first-order chi connectivity index (χ1) is 9.52. The van der Waals surface area contributed by atoms with Crippen molar-refractivity contribution in [2.24, 2.45) is 0 Å². The van der Waals surface area contributed by atoms with Gasteiger partial charge in [0.1, 0.15) is 6.17 Å². The van der Waals surface area contributed by atoms with Crippen LogP contribution in [-0.2, 0) is 0 Å². The van der Waals surface area contributed by atoms with Gasteiger partial charge in [-0.25, -0.2) is 13.6 Å². The highest BCUT2D eigenvalue weighted by molar-refractivity contribution is 5.86. The standard InChI is InChI=1S/C13H16F2N2O3/c1-20-11-4-2-3-10(12(11)15)17(13(18)19)7-9-5-8(14)6-16-9/h2-4,8-9,16H,5-7H2,1H3,(H,18,19)/t8-,9+/m1/s1. The summed E-state index contributed by atoms with van der Waals surface area (Å²) >= 11 is 0. The number of hydrogen-bond donors (Lipinski definition) is 2. The van der Waals surface area contributed by atoms with Crippen molar-refractivity contribution in [2.75, 3.05) is 25.1 Å². The Bertz CT molecular complexity index is 499. The first kappa shape index (κ1) is 14.5. The molecule has 1 fully saturated rings. The first-order valence-corrected chi connectivity index (χ1v) is 6.23. The zero-order valence-corrected chi connectivity index (χ0v) is 11.0. The lowest BCUT2D eigenvalue weighted by Gasteiger charge is -2.23. The van der Waals surface area contributed by atoms with E-state index in [1.807, 2.05) is 0 Å². The van der Waals surface area contributed by atoms with Crippen LogP contribution in [0.15, 0.2) is 18.2 Å². The van der Waals surface area contributed by atoms with Gasteiger partial charge in [0.2, 0.25) is 0 Å². The van der Waals surface area contributed by atoms with E-state index in [0.29, 0.717) is 0 Å². The predicted molar refractivity (Wildman–Crippen MR) is 69.6 cm³/mol. The van der Waals surface area contributed by atoms with Gasteiger partial charge in [-0.1, -0.05) is 6.07 Å². The molecule has 2 rings (SSSR count). The molecule has 1 saturated heterocycles. The lowest BCUT2D eigenvalue weighted by atomic mass is 10.2. The molecule has 1 aliphatic heterocycles. The van der Waals surface area contributed by atoms with E-state index in [0.717, 1.165) is 4.90 Å². The van der Waals surface area contributed by atoms with Crippen LogP contribution in [-0.4, -0.2) is 43.6 Å². The van der Waals surface area contributed by atoms with Crippen molar-refractivity contribution in [2.45, 2.75) is 18.6 Å². The van der Waals surface area contributed by atoms with E-state index in [1.165, 1.54) is 25.3 Å². The lowest BCUT2D eigenvalue weighted by Crippen LogP contribution is -2.41. The molecule has 0 aliphatic carbocycles. The molecule has 1 heterocycles. The molecule has 1 amide bonds. The van der Waals surface area contributed by atoms with E-state index < -0.39 is 18.1 Å². The number of carbonyl (C=O) groups is 1. The van der Waals surface area contributed by atoms with Gasteiger partial charge in [0.25, 0.3) is 0 Å². The SMILES string of the molecule is COc1cccc(N(C[C@@H]2C[C@@H](F)CN2)C(=O)O)c1F. The summed E-state index contributed by atoms with van der Waals surface area (Å²) in [6, 6.07) is 3.94. The lowest BCUT2D eigenvalue weighted by molar-refractivity contribution is 0.200. The van der Waals surface area contributed by atoms with Crippen molar-refractivity contribution < 1.29 is 23.4 Å². The molecule has 0 saturated carbocycles. The molecule has 20 heavy (non-hydrogen) atoms. The maximum Gasteiger partial charge on any atom is 0.411 e. The highest BCUT2D eigenvalue weighted by atomic mass is 19.1. The fraction of sp³-hybridized carbons (Fsp3) is 0.462. The van der Waals surface area contributed by atoms with E-state index in [-0.39, 0.29) is 37.0 Å². The summed E-state index contributed by atoms with van der Waals surface area (Å²) in [6.07, 6.45) is -2.07. The highest BCUT2D eigenvalue weighted by Crippen LogP contribution is 2.28. The fourth-order valence-electron chi connectivity index (χ4n) is 2.27. The second kappa shape index (κ2) is 6.04. The van der Waals surface area contributed by atoms with Gasteiger partial charge in [-0.3, -0.25) is 4.90 Å². The molecular weight excluding hydrogens is 270 g/mol. The Morgan fingerprint density at radius 2 is 2.35 bits per heavy atom. The van der Waals surface area contributed by atoms with Crippen molar-refractivity contribution in [3.63, 3.8) is 0 Å². The van der Waals surface area contributed by atoms with Crippen molar-refractivity contribution >= 4 is 11.8 Å². The Balaban J connectivity index is 2.22. The molecule has 0 radical (unpaired) electrons. The molecule has 1 aliphatic rings. The predicted octanol–water partition coefficient (Wildman–Crippen LogP) is 2.02. The van der Waals surface area contributed by atoms with E-state index in [1.54, 1.807) is 0 Å². The average molecular weight is 286 g/mol. The summed E-state index contributed by atoms with van der Waals surface area (Å²) in [4.78, 5) is 12.2. The molecule has 0 spiro atoms. The monoisotopic (exact) mass is 286 g/mol. The Labute approximate surface area is 115 Å². The largest absolute Gasteiger partial charge is 0.494 e. The van der Waals surface area contributed by atoms with Crippen LogP contribution in [0.5, 0.6) is 5.75 Å². The van der Waals surface area contributed by atoms with Gasteiger partial charge in [-0.15, -0.1) is 0 Å². The van der Waals surface area contributed by atoms with Crippen LogP contribution in [0, 0.1) is 5.82 Å². The fourth-order valence-corrected chi connectivity index (χ4v) is 2.27. The molecule has 0 aromatic heterocycles. The molecule has 2 N–H and O–H groups in total. The van der Waals surface area contributed by atoms with E-state index in [9.17, 15) is 18.7 Å². The van der Waals surface area contributed by atoms with E-state index in [4.69, 9.17) is 4.74 Å². The molecule has 1 aromatic rings. The number of hydrogen-bond acceptors (Lipinski definition) is 3. The molecule has 110 valence electrons. The number of amides is 1. The summed E-state index contributed by atoms with van der Waals surface area (Å²) in [5.41, 5.74) is -0.0963. The van der Waals surface area contributed by atoms with Gasteiger partial charge in [0.05, 0.1) is 12.8 Å². The van der Waals surface area contributed by atoms with Crippen molar-refractivity contribution in [3.05, 3.63) is 24.0 Å². The number of methoxy groups -OCH3 is 1. The third-order valence-corrected chi connectivity index (χ3v) is 3.26. The number of ether oxygens (including phenoxy) is 1. The summed E-state index contributed by atoms with van der Waals surface area (Å²) in [5, 5.41) is 12.1. The summed E-state index contributed by atoms with van der Waals surface area (Å²) in [6.45, 7) is 0.179. The maximum absolute atomic E-state index is 14.1. The second-order valence-corrected chi connectivity index (χ2v) is 4.62. The van der Waals surface area contributed by atoms with Crippen LogP contribution in [0.3, 0.4) is 0 Å². The smallest absolute Gasteiger partial charge is 0.411 e. The van der Waals surface area contributed by atoms with Gasteiger partial charge in [0, 0.05) is 19.1 Å². The number of halogens is 2. The van der Waals surface area contributed by atoms with Crippen LogP contribution >= 0.6 is 0 Å². The third kappa shape index (κ3) is 2.98. The zero-order chi connectivity index (χ0) is 14.7. The Morgan fingerprint density at radius 1 is 1.60 bits per heavy atom. The molecule has 2 atom stereocenters. The van der Waals surface area contributed by atoms with Crippen molar-refractivity contribution in [1.29, 1.82) is 0 Å². The van der Waals surface area contributed by atoms with Gasteiger partial charge in [-0.05, 0) is 18.6 Å². The number of nitrogens with zero attached hydrogens (tertiary/aromatic N) is 1. The molecule has 0 unspecified atom stereocenters. The number of carboxylic acid groups (broad SMARTS) is 1. The maximum atomic E-state index is 14.1. The Kier molecular flexibility index (Phi) is 4.39.